The third kappa shape index (κ3) is 6.31. The standard InChI is InChI=1S/C24H25ClN2O4S/c1-16-12-17(2)23(21(25)13-16)27(18(3)28)24-26-19(15-32-24)14-31-22(29)10-7-11-30-20-8-5-4-6-9-20/h4-6,8-9,12-13,15H,7,10-11,14H2,1-3H3. The van der Waals surface area contributed by atoms with Gasteiger partial charge in [-0.2, -0.15) is 0 Å². The fourth-order valence-corrected chi connectivity index (χ4v) is 4.46. The predicted molar refractivity (Wildman–Crippen MR) is 127 cm³/mol. The van der Waals surface area contributed by atoms with Crippen molar-refractivity contribution in [3.05, 3.63) is 69.7 Å². The maximum absolute atomic E-state index is 12.4. The Hall–Kier alpha value is -2.90. The maximum atomic E-state index is 12.4. The van der Waals surface area contributed by atoms with Gasteiger partial charge in [0.25, 0.3) is 0 Å². The van der Waals surface area contributed by atoms with E-state index in [1.807, 2.05) is 56.3 Å². The van der Waals surface area contributed by atoms with E-state index < -0.39 is 0 Å². The van der Waals surface area contributed by atoms with E-state index in [-0.39, 0.29) is 24.9 Å². The van der Waals surface area contributed by atoms with Crippen LogP contribution in [-0.4, -0.2) is 23.5 Å². The van der Waals surface area contributed by atoms with Crippen LogP contribution in [0.1, 0.15) is 36.6 Å². The number of esters is 1. The first kappa shape index (κ1) is 23.8. The van der Waals surface area contributed by atoms with E-state index in [1.54, 1.807) is 5.38 Å². The van der Waals surface area contributed by atoms with Crippen molar-refractivity contribution in [3.8, 4) is 5.75 Å². The summed E-state index contributed by atoms with van der Waals surface area (Å²) < 4.78 is 10.9. The Labute approximate surface area is 196 Å². The topological polar surface area (TPSA) is 68.7 Å². The lowest BCUT2D eigenvalue weighted by molar-refractivity contribution is -0.145. The van der Waals surface area contributed by atoms with Crippen LogP contribution in [0, 0.1) is 13.8 Å². The number of carbonyl (C=O) groups is 2. The van der Waals surface area contributed by atoms with Gasteiger partial charge in [-0.3, -0.25) is 14.5 Å². The van der Waals surface area contributed by atoms with Crippen LogP contribution < -0.4 is 9.64 Å². The second kappa shape index (κ2) is 11.1. The highest BCUT2D eigenvalue weighted by Crippen LogP contribution is 2.37. The first-order valence-electron chi connectivity index (χ1n) is 10.2. The molecule has 0 fully saturated rings. The second-order valence-electron chi connectivity index (χ2n) is 7.31. The highest BCUT2D eigenvalue weighted by atomic mass is 35.5. The highest BCUT2D eigenvalue weighted by Gasteiger charge is 2.23. The second-order valence-corrected chi connectivity index (χ2v) is 8.56. The molecule has 0 saturated heterocycles. The van der Waals surface area contributed by atoms with E-state index in [9.17, 15) is 9.59 Å². The molecule has 168 valence electrons. The van der Waals surface area contributed by atoms with Crippen molar-refractivity contribution in [2.24, 2.45) is 0 Å². The summed E-state index contributed by atoms with van der Waals surface area (Å²) in [4.78, 5) is 30.4. The quantitative estimate of drug-likeness (QED) is 0.282. The third-order valence-electron chi connectivity index (χ3n) is 4.59. The number of benzene rings is 2. The van der Waals surface area contributed by atoms with Crippen LogP contribution in [0.3, 0.4) is 0 Å². The fourth-order valence-electron chi connectivity index (χ4n) is 3.19. The number of para-hydroxylation sites is 1. The zero-order valence-electron chi connectivity index (χ0n) is 18.3. The van der Waals surface area contributed by atoms with Gasteiger partial charge in [-0.05, 0) is 49.6 Å². The Morgan fingerprint density at radius 1 is 1.16 bits per heavy atom. The van der Waals surface area contributed by atoms with Gasteiger partial charge < -0.3 is 9.47 Å². The van der Waals surface area contributed by atoms with Crippen LogP contribution in [0.15, 0.2) is 47.8 Å². The molecular formula is C24H25ClN2O4S. The number of anilines is 2. The normalized spacial score (nSPS) is 10.6. The molecule has 3 aromatic rings. The summed E-state index contributed by atoms with van der Waals surface area (Å²) in [6.45, 7) is 5.80. The highest BCUT2D eigenvalue weighted by molar-refractivity contribution is 7.14. The van der Waals surface area contributed by atoms with Crippen LogP contribution >= 0.6 is 22.9 Å². The van der Waals surface area contributed by atoms with Gasteiger partial charge in [0.1, 0.15) is 12.4 Å². The van der Waals surface area contributed by atoms with E-state index in [0.29, 0.717) is 34.6 Å². The number of hydrogen-bond acceptors (Lipinski definition) is 6. The Morgan fingerprint density at radius 3 is 2.59 bits per heavy atom. The lowest BCUT2D eigenvalue weighted by atomic mass is 10.1. The Bertz CT molecular complexity index is 1060. The van der Waals surface area contributed by atoms with Crippen LogP contribution in [-0.2, 0) is 20.9 Å². The SMILES string of the molecule is CC(=O)N(c1nc(COC(=O)CCCOc2ccccc2)cs1)c1c(C)cc(C)cc1Cl. The number of aromatic nitrogens is 1. The van der Waals surface area contributed by atoms with Crippen molar-refractivity contribution in [2.45, 2.75) is 40.2 Å². The van der Waals surface area contributed by atoms with Gasteiger partial charge in [-0.1, -0.05) is 35.9 Å². The summed E-state index contributed by atoms with van der Waals surface area (Å²) in [5.74, 6) is 0.252. The van der Waals surface area contributed by atoms with E-state index in [2.05, 4.69) is 4.98 Å². The first-order chi connectivity index (χ1) is 15.3. The number of aryl methyl sites for hydroxylation is 2. The summed E-state index contributed by atoms with van der Waals surface area (Å²) >= 11 is 7.73. The summed E-state index contributed by atoms with van der Waals surface area (Å²) in [5.41, 5.74) is 3.08. The molecule has 0 aliphatic rings. The molecule has 3 rings (SSSR count). The van der Waals surface area contributed by atoms with Gasteiger partial charge in [-0.25, -0.2) is 4.98 Å². The van der Waals surface area contributed by atoms with Crippen molar-refractivity contribution >= 4 is 45.6 Å². The molecule has 0 aliphatic carbocycles. The number of halogens is 1. The monoisotopic (exact) mass is 472 g/mol. The third-order valence-corrected chi connectivity index (χ3v) is 5.75. The molecule has 0 atom stereocenters. The zero-order valence-corrected chi connectivity index (χ0v) is 19.8. The number of hydrogen-bond donors (Lipinski definition) is 0. The van der Waals surface area contributed by atoms with E-state index in [4.69, 9.17) is 21.1 Å². The molecule has 6 nitrogen and oxygen atoms in total. The van der Waals surface area contributed by atoms with Crippen molar-refractivity contribution in [2.75, 3.05) is 11.5 Å². The average Bonchev–Trinajstić information content (AvgIpc) is 3.21. The zero-order chi connectivity index (χ0) is 23.1. The lowest BCUT2D eigenvalue weighted by Crippen LogP contribution is -2.24. The number of rotatable bonds is 9. The fraction of sp³-hybridized carbons (Fsp3) is 0.292. The van der Waals surface area contributed by atoms with Gasteiger partial charge in [0.05, 0.1) is 23.0 Å². The lowest BCUT2D eigenvalue weighted by Gasteiger charge is -2.22. The minimum absolute atomic E-state index is 0.0429. The van der Waals surface area contributed by atoms with E-state index in [1.165, 1.54) is 23.2 Å². The van der Waals surface area contributed by atoms with E-state index in [0.717, 1.165) is 16.9 Å². The number of thiazole rings is 1. The molecule has 1 aromatic heterocycles. The summed E-state index contributed by atoms with van der Waals surface area (Å²) in [6, 6.07) is 13.2. The molecule has 0 N–H and O–H groups in total. The molecule has 0 saturated carbocycles. The number of nitrogens with zero attached hydrogens (tertiary/aromatic N) is 2. The largest absolute Gasteiger partial charge is 0.494 e. The molecule has 0 unspecified atom stereocenters. The van der Waals surface area contributed by atoms with Crippen LogP contribution in [0.2, 0.25) is 5.02 Å². The molecular weight excluding hydrogens is 448 g/mol. The van der Waals surface area contributed by atoms with Crippen molar-refractivity contribution in [3.63, 3.8) is 0 Å². The summed E-state index contributed by atoms with van der Waals surface area (Å²) in [7, 11) is 0. The Kier molecular flexibility index (Phi) is 8.25. The van der Waals surface area contributed by atoms with Gasteiger partial charge in [-0.15, -0.1) is 11.3 Å². The van der Waals surface area contributed by atoms with Gasteiger partial charge >= 0.3 is 5.97 Å². The Morgan fingerprint density at radius 2 is 1.91 bits per heavy atom. The molecule has 2 aromatic carbocycles. The summed E-state index contributed by atoms with van der Waals surface area (Å²) in [5, 5.41) is 2.74. The molecule has 1 heterocycles. The van der Waals surface area contributed by atoms with Crippen LogP contribution in [0.5, 0.6) is 5.75 Å². The minimum atomic E-state index is -0.322. The smallest absolute Gasteiger partial charge is 0.306 e. The molecule has 32 heavy (non-hydrogen) atoms. The predicted octanol–water partition coefficient (Wildman–Crippen LogP) is 6.00. The van der Waals surface area contributed by atoms with Crippen LogP contribution in [0.4, 0.5) is 10.8 Å². The van der Waals surface area contributed by atoms with Crippen molar-refractivity contribution in [1.82, 2.24) is 4.98 Å². The molecule has 8 heteroatoms. The van der Waals surface area contributed by atoms with E-state index >= 15 is 0 Å². The van der Waals surface area contributed by atoms with Gasteiger partial charge in [0.15, 0.2) is 5.13 Å². The maximum Gasteiger partial charge on any atom is 0.306 e. The number of carbonyl (C=O) groups excluding carboxylic acids is 2. The average molecular weight is 473 g/mol. The first-order valence-corrected chi connectivity index (χ1v) is 11.5. The number of ether oxygens (including phenoxy) is 2. The molecule has 1 amide bonds. The molecule has 0 aliphatic heterocycles. The minimum Gasteiger partial charge on any atom is -0.494 e. The van der Waals surface area contributed by atoms with Crippen molar-refractivity contribution < 1.29 is 19.1 Å². The molecule has 0 radical (unpaired) electrons. The van der Waals surface area contributed by atoms with Gasteiger partial charge in [0, 0.05) is 18.7 Å². The van der Waals surface area contributed by atoms with Crippen LogP contribution in [0.25, 0.3) is 0 Å². The van der Waals surface area contributed by atoms with Crippen molar-refractivity contribution in [1.29, 1.82) is 0 Å². The van der Waals surface area contributed by atoms with Gasteiger partial charge in [0.2, 0.25) is 5.91 Å². The molecule has 0 spiro atoms. The summed E-state index contributed by atoms with van der Waals surface area (Å²) in [6.07, 6.45) is 0.806. The Balaban J connectivity index is 1.55. The number of amides is 1. The molecule has 0 bridgehead atoms.